The van der Waals surface area contributed by atoms with E-state index in [-0.39, 0.29) is 24.4 Å². The largest absolute Gasteiger partial charge is 0.449 e. The third-order valence-corrected chi connectivity index (χ3v) is 4.56. The highest BCUT2D eigenvalue weighted by molar-refractivity contribution is 6.35. The van der Waals surface area contributed by atoms with Crippen LogP contribution < -0.4 is 10.6 Å². The molecule has 1 aromatic carbocycles. The van der Waals surface area contributed by atoms with Gasteiger partial charge in [0.15, 0.2) is 11.3 Å². The average Bonchev–Trinajstić information content (AvgIpc) is 2.81. The SMILES string of the molecule is Cc1c(C(=O)NC2CNCCC2C)oc2c(Cl)cccc12.Cl. The normalized spacial score (nSPS) is 21.4. The molecule has 2 N–H and O–H groups in total. The van der Waals surface area contributed by atoms with E-state index in [4.69, 9.17) is 16.0 Å². The van der Waals surface area contributed by atoms with E-state index < -0.39 is 0 Å². The quantitative estimate of drug-likeness (QED) is 0.877. The van der Waals surface area contributed by atoms with Gasteiger partial charge in [0, 0.05) is 23.5 Å². The van der Waals surface area contributed by atoms with E-state index in [0.717, 1.165) is 30.5 Å². The first-order valence-electron chi connectivity index (χ1n) is 7.27. The molecule has 0 saturated carbocycles. The Kier molecular flexibility index (Phi) is 5.37. The van der Waals surface area contributed by atoms with E-state index in [1.807, 2.05) is 19.1 Å². The van der Waals surface area contributed by atoms with Gasteiger partial charge in [0.1, 0.15) is 0 Å². The molecule has 4 nitrogen and oxygen atoms in total. The van der Waals surface area contributed by atoms with Crippen LogP contribution in [-0.2, 0) is 0 Å². The third-order valence-electron chi connectivity index (χ3n) is 4.27. The molecule has 2 aromatic rings. The summed E-state index contributed by atoms with van der Waals surface area (Å²) in [5.41, 5.74) is 1.41. The number of rotatable bonds is 2. The van der Waals surface area contributed by atoms with Crippen LogP contribution in [0.1, 0.15) is 29.5 Å². The number of piperidine rings is 1. The number of hydrogen-bond acceptors (Lipinski definition) is 3. The molecule has 120 valence electrons. The summed E-state index contributed by atoms with van der Waals surface area (Å²) in [5, 5.41) is 7.79. The molecular weight excluding hydrogens is 323 g/mol. The number of carbonyl (C=O) groups excluding carboxylic acids is 1. The Hall–Kier alpha value is -1.23. The Morgan fingerprint density at radius 2 is 2.23 bits per heavy atom. The van der Waals surface area contributed by atoms with E-state index in [0.29, 0.717) is 22.3 Å². The van der Waals surface area contributed by atoms with Crippen LogP contribution in [0.25, 0.3) is 11.0 Å². The van der Waals surface area contributed by atoms with Crippen molar-refractivity contribution in [2.45, 2.75) is 26.3 Å². The third kappa shape index (κ3) is 3.09. The van der Waals surface area contributed by atoms with Crippen LogP contribution in [0.3, 0.4) is 0 Å². The molecule has 1 amide bonds. The number of para-hydroxylation sites is 1. The minimum atomic E-state index is -0.166. The number of amides is 1. The molecule has 22 heavy (non-hydrogen) atoms. The first kappa shape index (κ1) is 17.1. The number of halogens is 2. The summed E-state index contributed by atoms with van der Waals surface area (Å²) in [6.45, 7) is 5.85. The zero-order valence-electron chi connectivity index (χ0n) is 12.6. The van der Waals surface area contributed by atoms with Crippen molar-refractivity contribution in [3.05, 3.63) is 34.5 Å². The Morgan fingerprint density at radius 3 is 2.91 bits per heavy atom. The standard InChI is InChI=1S/C16H19ClN2O2.ClH/c1-9-6-7-18-8-13(9)19-16(20)14-10(2)11-4-3-5-12(17)15(11)21-14;/h3-5,9,13,18H,6-8H2,1-2H3,(H,19,20);1H. The molecule has 1 aromatic heterocycles. The fraction of sp³-hybridized carbons (Fsp3) is 0.438. The summed E-state index contributed by atoms with van der Waals surface area (Å²) in [7, 11) is 0. The van der Waals surface area contributed by atoms with Gasteiger partial charge >= 0.3 is 0 Å². The maximum absolute atomic E-state index is 12.5. The number of benzene rings is 1. The molecule has 2 heterocycles. The smallest absolute Gasteiger partial charge is 0.287 e. The summed E-state index contributed by atoms with van der Waals surface area (Å²) >= 11 is 6.13. The van der Waals surface area contributed by atoms with Crippen molar-refractivity contribution >= 4 is 40.9 Å². The van der Waals surface area contributed by atoms with Crippen molar-refractivity contribution in [1.82, 2.24) is 10.6 Å². The van der Waals surface area contributed by atoms with Gasteiger partial charge in [-0.2, -0.15) is 0 Å². The van der Waals surface area contributed by atoms with Gasteiger partial charge in [0.25, 0.3) is 5.91 Å². The van der Waals surface area contributed by atoms with Gasteiger partial charge in [-0.05, 0) is 31.9 Å². The lowest BCUT2D eigenvalue weighted by Gasteiger charge is -2.29. The second kappa shape index (κ2) is 6.90. The Labute approximate surface area is 141 Å². The van der Waals surface area contributed by atoms with Crippen LogP contribution in [-0.4, -0.2) is 25.0 Å². The van der Waals surface area contributed by atoms with Crippen LogP contribution in [0.15, 0.2) is 22.6 Å². The van der Waals surface area contributed by atoms with Gasteiger partial charge in [-0.3, -0.25) is 4.79 Å². The van der Waals surface area contributed by atoms with Gasteiger partial charge in [-0.1, -0.05) is 30.7 Å². The summed E-state index contributed by atoms with van der Waals surface area (Å²) in [6, 6.07) is 5.68. The van der Waals surface area contributed by atoms with Crippen molar-refractivity contribution in [3.8, 4) is 0 Å². The van der Waals surface area contributed by atoms with Crippen LogP contribution >= 0.6 is 24.0 Å². The molecule has 1 aliphatic rings. The van der Waals surface area contributed by atoms with Crippen LogP contribution in [0.5, 0.6) is 0 Å². The molecule has 0 aliphatic carbocycles. The number of fused-ring (bicyclic) bond motifs is 1. The summed E-state index contributed by atoms with van der Waals surface area (Å²) in [6.07, 6.45) is 1.07. The Bertz CT molecular complexity index is 684. The molecule has 2 unspecified atom stereocenters. The van der Waals surface area contributed by atoms with Crippen molar-refractivity contribution in [2.75, 3.05) is 13.1 Å². The number of carbonyl (C=O) groups is 1. The molecule has 6 heteroatoms. The maximum atomic E-state index is 12.5. The molecule has 0 radical (unpaired) electrons. The van der Waals surface area contributed by atoms with Crippen molar-refractivity contribution in [3.63, 3.8) is 0 Å². The molecule has 0 bridgehead atoms. The molecule has 1 saturated heterocycles. The summed E-state index contributed by atoms with van der Waals surface area (Å²) < 4.78 is 5.70. The fourth-order valence-electron chi connectivity index (χ4n) is 2.84. The highest BCUT2D eigenvalue weighted by Crippen LogP contribution is 2.30. The fourth-order valence-corrected chi connectivity index (χ4v) is 3.06. The zero-order valence-corrected chi connectivity index (χ0v) is 14.2. The predicted octanol–water partition coefficient (Wildman–Crippen LogP) is 3.54. The Morgan fingerprint density at radius 1 is 1.45 bits per heavy atom. The number of hydrogen-bond donors (Lipinski definition) is 2. The minimum absolute atomic E-state index is 0. The summed E-state index contributed by atoms with van der Waals surface area (Å²) in [4.78, 5) is 12.5. The highest BCUT2D eigenvalue weighted by atomic mass is 35.5. The molecule has 2 atom stereocenters. The second-order valence-corrected chi connectivity index (χ2v) is 6.13. The highest BCUT2D eigenvalue weighted by Gasteiger charge is 2.26. The molecule has 1 fully saturated rings. The van der Waals surface area contributed by atoms with Crippen LogP contribution in [0.4, 0.5) is 0 Å². The minimum Gasteiger partial charge on any atom is -0.449 e. The number of aryl methyl sites for hydroxylation is 1. The zero-order chi connectivity index (χ0) is 15.0. The van der Waals surface area contributed by atoms with E-state index in [1.165, 1.54) is 0 Å². The monoisotopic (exact) mass is 342 g/mol. The molecule has 0 spiro atoms. The van der Waals surface area contributed by atoms with Gasteiger partial charge in [0.05, 0.1) is 5.02 Å². The predicted molar refractivity (Wildman–Crippen MR) is 91.1 cm³/mol. The van der Waals surface area contributed by atoms with Gasteiger partial charge in [0.2, 0.25) is 0 Å². The van der Waals surface area contributed by atoms with E-state index in [9.17, 15) is 4.79 Å². The van der Waals surface area contributed by atoms with Gasteiger partial charge < -0.3 is 15.1 Å². The van der Waals surface area contributed by atoms with Crippen molar-refractivity contribution in [1.29, 1.82) is 0 Å². The van der Waals surface area contributed by atoms with Gasteiger partial charge in [-0.25, -0.2) is 0 Å². The van der Waals surface area contributed by atoms with E-state index in [2.05, 4.69) is 17.6 Å². The topological polar surface area (TPSA) is 54.3 Å². The summed E-state index contributed by atoms with van der Waals surface area (Å²) in [5.74, 6) is 0.652. The lowest BCUT2D eigenvalue weighted by molar-refractivity contribution is 0.0888. The molecule has 1 aliphatic heterocycles. The van der Waals surface area contributed by atoms with Crippen LogP contribution in [0, 0.1) is 12.8 Å². The maximum Gasteiger partial charge on any atom is 0.287 e. The average molecular weight is 343 g/mol. The lowest BCUT2D eigenvalue weighted by Crippen LogP contribution is -2.50. The first-order valence-corrected chi connectivity index (χ1v) is 7.65. The first-order chi connectivity index (χ1) is 10.1. The second-order valence-electron chi connectivity index (χ2n) is 5.72. The molecular formula is C16H20Cl2N2O2. The van der Waals surface area contributed by atoms with E-state index >= 15 is 0 Å². The lowest BCUT2D eigenvalue weighted by atomic mass is 9.94. The number of furan rings is 1. The number of nitrogens with one attached hydrogen (secondary N) is 2. The van der Waals surface area contributed by atoms with E-state index in [1.54, 1.807) is 6.07 Å². The van der Waals surface area contributed by atoms with Crippen molar-refractivity contribution < 1.29 is 9.21 Å². The van der Waals surface area contributed by atoms with Gasteiger partial charge in [-0.15, -0.1) is 12.4 Å². The molecule has 3 rings (SSSR count). The van der Waals surface area contributed by atoms with Crippen molar-refractivity contribution in [2.24, 2.45) is 5.92 Å². The Balaban J connectivity index is 0.00000176. The van der Waals surface area contributed by atoms with Crippen LogP contribution in [0.2, 0.25) is 5.02 Å².